The molecule has 2 aliphatic heterocycles. The topological polar surface area (TPSA) is 165 Å². The monoisotopic (exact) mass is 853 g/mol. The summed E-state index contributed by atoms with van der Waals surface area (Å²) in [5, 5.41) is 3.25. The lowest BCUT2D eigenvalue weighted by atomic mass is 9.65. The lowest BCUT2D eigenvalue weighted by molar-refractivity contribution is -0.141. The van der Waals surface area contributed by atoms with E-state index in [4.69, 9.17) is 52.1 Å². The minimum atomic E-state index is -0.610. The van der Waals surface area contributed by atoms with Crippen LogP contribution in [0.1, 0.15) is 70.3 Å². The molecule has 2 heterocycles. The molecule has 0 unspecified atom stereocenters. The molecule has 0 radical (unpaired) electrons. The normalized spacial score (nSPS) is 18.3. The smallest absolute Gasteiger partial charge is 0.310 e. The molecule has 328 valence electrons. The van der Waals surface area contributed by atoms with Crippen molar-refractivity contribution in [3.8, 4) is 57.5 Å². The number of benzene rings is 4. The van der Waals surface area contributed by atoms with Crippen LogP contribution in [0.4, 0.5) is 0 Å². The molecular weight excluding hydrogens is 803 g/mol. The lowest BCUT2D eigenvalue weighted by Crippen LogP contribution is -2.42. The summed E-state index contributed by atoms with van der Waals surface area (Å²) in [4.78, 5) is 40.3. The van der Waals surface area contributed by atoms with Crippen molar-refractivity contribution in [1.29, 1.82) is 0 Å². The third-order valence-corrected chi connectivity index (χ3v) is 11.4. The molecule has 15 heteroatoms. The number of hydrogen-bond donors (Lipinski definition) is 1. The summed E-state index contributed by atoms with van der Waals surface area (Å²) in [7, 11) is 10.7. The van der Waals surface area contributed by atoms with Crippen LogP contribution in [0, 0.1) is 11.8 Å². The second kappa shape index (κ2) is 19.3. The Balaban J connectivity index is 0.989. The van der Waals surface area contributed by atoms with Gasteiger partial charge in [0.05, 0.1) is 74.9 Å². The van der Waals surface area contributed by atoms with E-state index >= 15 is 0 Å². The molecule has 0 saturated carbocycles. The first-order valence-corrected chi connectivity index (χ1v) is 20.2. The molecular formula is C47H51NO14. The highest BCUT2D eigenvalue weighted by Gasteiger charge is 2.53. The number of hydrogen-bond acceptors (Lipinski definition) is 14. The summed E-state index contributed by atoms with van der Waals surface area (Å²) >= 11 is 0. The Kier molecular flexibility index (Phi) is 13.5. The third kappa shape index (κ3) is 8.70. The Morgan fingerprint density at radius 3 is 1.90 bits per heavy atom. The summed E-state index contributed by atoms with van der Waals surface area (Å²) in [5.41, 5.74) is 3.51. The Bertz CT molecular complexity index is 2290. The molecule has 62 heavy (non-hydrogen) atoms. The van der Waals surface area contributed by atoms with Crippen LogP contribution in [0.15, 0.2) is 60.7 Å². The van der Waals surface area contributed by atoms with E-state index in [9.17, 15) is 14.4 Å². The number of rotatable bonds is 19. The van der Waals surface area contributed by atoms with Gasteiger partial charge < -0.3 is 57.4 Å². The molecule has 1 amide bonds. The number of unbranched alkanes of at least 4 members (excludes halogenated alkanes) is 2. The SMILES string of the molecule is COc1ccc(/C=C/C(=O)c2cc(OC)c(OC)c(OC)c2)cc1OCCCCCC(=O)N[C@@H]1c2cc3c(cc2[C@@H](c2cc(OC)c(OC)c(OC)c2)[C@H]2C(=O)OC[C@@H]21)OCO3. The minimum Gasteiger partial charge on any atom is -0.493 e. The number of amides is 1. The number of esters is 1. The van der Waals surface area contributed by atoms with E-state index in [1.54, 1.807) is 51.7 Å². The van der Waals surface area contributed by atoms with Crippen LogP contribution in [-0.2, 0) is 14.3 Å². The number of carbonyl (C=O) groups is 3. The van der Waals surface area contributed by atoms with Crippen LogP contribution in [0.5, 0.6) is 57.5 Å². The van der Waals surface area contributed by atoms with Crippen LogP contribution in [0.2, 0.25) is 0 Å². The molecule has 4 aromatic rings. The third-order valence-electron chi connectivity index (χ3n) is 11.4. The summed E-state index contributed by atoms with van der Waals surface area (Å²) in [6.07, 6.45) is 5.42. The number of ketones is 1. The first-order valence-electron chi connectivity index (χ1n) is 20.2. The van der Waals surface area contributed by atoms with Crippen molar-refractivity contribution in [1.82, 2.24) is 5.32 Å². The number of nitrogens with one attached hydrogen (secondary N) is 1. The predicted octanol–water partition coefficient (Wildman–Crippen LogP) is 7.10. The van der Waals surface area contributed by atoms with Crippen molar-refractivity contribution in [2.45, 2.75) is 37.6 Å². The maximum Gasteiger partial charge on any atom is 0.310 e. The number of allylic oxidation sites excluding steroid dienone is 1. The van der Waals surface area contributed by atoms with E-state index in [2.05, 4.69) is 5.32 Å². The van der Waals surface area contributed by atoms with Gasteiger partial charge in [0.25, 0.3) is 0 Å². The molecule has 4 aromatic carbocycles. The Morgan fingerprint density at radius 2 is 1.29 bits per heavy atom. The maximum absolute atomic E-state index is 13.6. The van der Waals surface area contributed by atoms with Gasteiger partial charge in [-0.1, -0.05) is 12.1 Å². The van der Waals surface area contributed by atoms with Gasteiger partial charge in [0.1, 0.15) is 0 Å². The Labute approximate surface area is 360 Å². The van der Waals surface area contributed by atoms with Gasteiger partial charge in [-0.25, -0.2) is 0 Å². The second-order valence-electron chi connectivity index (χ2n) is 14.8. The van der Waals surface area contributed by atoms with E-state index in [1.165, 1.54) is 34.5 Å². The predicted molar refractivity (Wildman–Crippen MR) is 226 cm³/mol. The number of carbonyl (C=O) groups excluding carboxylic acids is 3. The zero-order valence-electron chi connectivity index (χ0n) is 35.8. The van der Waals surface area contributed by atoms with Gasteiger partial charge in [-0.3, -0.25) is 14.4 Å². The van der Waals surface area contributed by atoms with Crippen molar-refractivity contribution in [3.63, 3.8) is 0 Å². The molecule has 1 aliphatic carbocycles. The van der Waals surface area contributed by atoms with E-state index in [-0.39, 0.29) is 43.4 Å². The maximum atomic E-state index is 13.6. The van der Waals surface area contributed by atoms with Gasteiger partial charge in [0.2, 0.25) is 24.2 Å². The fourth-order valence-corrected chi connectivity index (χ4v) is 8.42. The molecule has 7 rings (SSSR count). The largest absolute Gasteiger partial charge is 0.493 e. The number of cyclic esters (lactones) is 1. The van der Waals surface area contributed by atoms with Gasteiger partial charge in [-0.2, -0.15) is 0 Å². The average molecular weight is 854 g/mol. The van der Waals surface area contributed by atoms with E-state index in [0.717, 1.165) is 28.7 Å². The van der Waals surface area contributed by atoms with Crippen molar-refractivity contribution < 1.29 is 66.5 Å². The molecule has 1 fully saturated rings. The summed E-state index contributed by atoms with van der Waals surface area (Å²) in [6.45, 7) is 0.589. The van der Waals surface area contributed by atoms with E-state index in [1.807, 2.05) is 30.3 Å². The second-order valence-corrected chi connectivity index (χ2v) is 14.8. The standard InChI is InChI=1S/C47H51NO14/c1-52-33-15-13-26(12-14-32(49)27-18-37(53-2)45(57-6)38(19-27)54-3)17-34(33)59-16-10-8-9-11-41(50)48-44-30-23-36-35(61-25-62-36)22-29(30)42(43-31(44)24-60-47(43)51)28-20-39(55-4)46(58-7)40(21-28)56-5/h12-15,17-23,31,42-44H,8-11,16,24-25H2,1-7H3,(H,48,50)/b14-12+/t31-,42+,43-,44+/m0/s1. The van der Waals surface area contributed by atoms with Gasteiger partial charge in [-0.05, 0) is 96.1 Å². The van der Waals surface area contributed by atoms with Gasteiger partial charge >= 0.3 is 5.97 Å². The zero-order valence-corrected chi connectivity index (χ0v) is 35.8. The quantitative estimate of drug-likeness (QED) is 0.0439. The first kappa shape index (κ1) is 43.3. The van der Waals surface area contributed by atoms with E-state index in [0.29, 0.717) is 82.5 Å². The van der Waals surface area contributed by atoms with Gasteiger partial charge in [0.15, 0.2) is 51.8 Å². The Hall–Kier alpha value is -6.77. The molecule has 1 saturated heterocycles. The highest BCUT2D eigenvalue weighted by Crippen LogP contribution is 2.55. The van der Waals surface area contributed by atoms with Crippen LogP contribution >= 0.6 is 0 Å². The van der Waals surface area contributed by atoms with E-state index < -0.39 is 17.9 Å². The minimum absolute atomic E-state index is 0.0665. The summed E-state index contributed by atoms with van der Waals surface area (Å²) in [6, 6.07) is 15.6. The molecule has 4 atom stereocenters. The highest BCUT2D eigenvalue weighted by atomic mass is 16.7. The van der Waals surface area contributed by atoms with Gasteiger partial charge in [-0.15, -0.1) is 0 Å². The first-order chi connectivity index (χ1) is 30.2. The average Bonchev–Trinajstić information content (AvgIpc) is 3.93. The number of methoxy groups -OCH3 is 7. The molecule has 0 bridgehead atoms. The molecule has 15 nitrogen and oxygen atoms in total. The molecule has 3 aliphatic rings. The fraction of sp³-hybridized carbons (Fsp3) is 0.383. The molecule has 0 aromatic heterocycles. The van der Waals surface area contributed by atoms with Crippen LogP contribution < -0.4 is 52.7 Å². The van der Waals surface area contributed by atoms with Crippen molar-refractivity contribution >= 4 is 23.7 Å². The summed E-state index contributed by atoms with van der Waals surface area (Å²) < 4.78 is 62.0. The highest BCUT2D eigenvalue weighted by molar-refractivity contribution is 6.07. The van der Waals surface area contributed by atoms with Crippen molar-refractivity contribution in [2.75, 3.05) is 69.8 Å². The van der Waals surface area contributed by atoms with Gasteiger partial charge in [0, 0.05) is 23.8 Å². The van der Waals surface area contributed by atoms with Crippen molar-refractivity contribution in [2.24, 2.45) is 11.8 Å². The van der Waals surface area contributed by atoms with Crippen LogP contribution in [0.25, 0.3) is 6.08 Å². The molecule has 0 spiro atoms. The van der Waals surface area contributed by atoms with Crippen LogP contribution in [-0.4, -0.2) is 87.4 Å². The number of fused-ring (bicyclic) bond motifs is 3. The number of ether oxygens (including phenoxy) is 11. The summed E-state index contributed by atoms with van der Waals surface area (Å²) in [5.74, 6) is 2.52. The van der Waals surface area contributed by atoms with Crippen molar-refractivity contribution in [3.05, 3.63) is 88.5 Å². The fourth-order valence-electron chi connectivity index (χ4n) is 8.42. The molecule has 1 N–H and O–H groups in total. The lowest BCUT2D eigenvalue weighted by Gasteiger charge is -2.39. The zero-order chi connectivity index (χ0) is 43.9. The Morgan fingerprint density at radius 1 is 0.677 bits per heavy atom. The van der Waals surface area contributed by atoms with Crippen LogP contribution in [0.3, 0.4) is 0 Å².